The summed E-state index contributed by atoms with van der Waals surface area (Å²) in [7, 11) is 1.59. The van der Waals surface area contributed by atoms with Crippen LogP contribution in [0.3, 0.4) is 0 Å². The van der Waals surface area contributed by atoms with Gasteiger partial charge in [0.15, 0.2) is 11.5 Å². The molecule has 1 amide bonds. The molecule has 1 N–H and O–H groups in total. The number of carbonyl (C=O) groups is 1. The average Bonchev–Trinajstić information content (AvgIpc) is 2.55. The Bertz CT molecular complexity index is 625. The lowest BCUT2D eigenvalue weighted by Crippen LogP contribution is -2.15. The Kier molecular flexibility index (Phi) is 5.83. The molecule has 0 heterocycles. The van der Waals surface area contributed by atoms with Crippen LogP contribution in [0.2, 0.25) is 0 Å². The number of para-hydroxylation sites is 2. The van der Waals surface area contributed by atoms with E-state index in [1.165, 1.54) is 5.56 Å². The van der Waals surface area contributed by atoms with Gasteiger partial charge in [-0.3, -0.25) is 4.79 Å². The van der Waals surface area contributed by atoms with E-state index in [9.17, 15) is 4.79 Å². The van der Waals surface area contributed by atoms with Gasteiger partial charge in [-0.2, -0.15) is 0 Å². The van der Waals surface area contributed by atoms with Crippen LogP contribution in [-0.2, 0) is 11.2 Å². The molecule has 0 unspecified atom stereocenters. The second kappa shape index (κ2) is 8.08. The number of carbonyl (C=O) groups excluding carboxylic acids is 1. The summed E-state index contributed by atoms with van der Waals surface area (Å²) in [5.74, 6) is 1.24. The molecule has 116 valence electrons. The van der Waals surface area contributed by atoms with Gasteiger partial charge < -0.3 is 14.8 Å². The van der Waals surface area contributed by atoms with E-state index in [1.54, 1.807) is 7.11 Å². The van der Waals surface area contributed by atoms with Gasteiger partial charge in [0.05, 0.1) is 20.1 Å². The monoisotopic (exact) mass is 299 g/mol. The molecule has 2 aromatic carbocycles. The highest BCUT2D eigenvalue weighted by molar-refractivity contribution is 5.90. The van der Waals surface area contributed by atoms with Gasteiger partial charge in [-0.15, -0.1) is 0 Å². The van der Waals surface area contributed by atoms with Crippen molar-refractivity contribution in [2.24, 2.45) is 0 Å². The van der Waals surface area contributed by atoms with Gasteiger partial charge in [-0.05, 0) is 36.2 Å². The predicted molar refractivity (Wildman–Crippen MR) is 87.6 cm³/mol. The molecule has 0 saturated carbocycles. The highest BCUT2D eigenvalue weighted by Gasteiger charge is 2.06. The van der Waals surface area contributed by atoms with E-state index in [-0.39, 0.29) is 12.3 Å². The van der Waals surface area contributed by atoms with Crippen LogP contribution in [0.4, 0.5) is 5.69 Å². The molecule has 22 heavy (non-hydrogen) atoms. The standard InChI is InChI=1S/C18H21NO3/c1-3-14-7-6-8-15(13-14)19-18(20)11-12-22-17-10-5-4-9-16(17)21-2/h4-10,13H,3,11-12H2,1-2H3,(H,19,20). The molecule has 0 bridgehead atoms. The van der Waals surface area contributed by atoms with Crippen LogP contribution in [0.5, 0.6) is 11.5 Å². The van der Waals surface area contributed by atoms with Crippen molar-refractivity contribution < 1.29 is 14.3 Å². The Balaban J connectivity index is 1.82. The number of anilines is 1. The van der Waals surface area contributed by atoms with Crippen LogP contribution in [0.15, 0.2) is 48.5 Å². The van der Waals surface area contributed by atoms with E-state index >= 15 is 0 Å². The molecule has 0 aliphatic heterocycles. The van der Waals surface area contributed by atoms with Crippen LogP contribution in [0.1, 0.15) is 18.9 Å². The summed E-state index contributed by atoms with van der Waals surface area (Å²) in [6.45, 7) is 2.39. The summed E-state index contributed by atoms with van der Waals surface area (Å²) in [6, 6.07) is 15.2. The third-order valence-corrected chi connectivity index (χ3v) is 3.27. The van der Waals surface area contributed by atoms with Gasteiger partial charge in [-0.25, -0.2) is 0 Å². The molecule has 4 heteroatoms. The first-order valence-corrected chi connectivity index (χ1v) is 7.37. The van der Waals surface area contributed by atoms with Crippen molar-refractivity contribution in [2.75, 3.05) is 19.0 Å². The van der Waals surface area contributed by atoms with Gasteiger partial charge in [0.2, 0.25) is 5.91 Å². The topological polar surface area (TPSA) is 47.6 Å². The third kappa shape index (κ3) is 4.52. The van der Waals surface area contributed by atoms with E-state index in [4.69, 9.17) is 9.47 Å². The van der Waals surface area contributed by atoms with Crippen LogP contribution in [0, 0.1) is 0 Å². The van der Waals surface area contributed by atoms with Crippen molar-refractivity contribution in [3.8, 4) is 11.5 Å². The largest absolute Gasteiger partial charge is 0.493 e. The normalized spacial score (nSPS) is 10.1. The highest BCUT2D eigenvalue weighted by atomic mass is 16.5. The Labute approximate surface area is 131 Å². The Morgan fingerprint density at radius 1 is 1.09 bits per heavy atom. The van der Waals surface area contributed by atoms with E-state index in [1.807, 2.05) is 48.5 Å². The van der Waals surface area contributed by atoms with Gasteiger partial charge in [-0.1, -0.05) is 31.2 Å². The molecule has 0 spiro atoms. The first-order valence-electron chi connectivity index (χ1n) is 7.37. The number of methoxy groups -OCH3 is 1. The summed E-state index contributed by atoms with van der Waals surface area (Å²) in [5.41, 5.74) is 2.02. The molecule has 4 nitrogen and oxygen atoms in total. The molecule has 2 aromatic rings. The van der Waals surface area contributed by atoms with E-state index in [0.717, 1.165) is 12.1 Å². The summed E-state index contributed by atoms with van der Waals surface area (Å²) in [5, 5.41) is 2.88. The second-order valence-electron chi connectivity index (χ2n) is 4.85. The lowest BCUT2D eigenvalue weighted by atomic mass is 10.1. The molecule has 0 aliphatic rings. The summed E-state index contributed by atoms with van der Waals surface area (Å²) in [4.78, 5) is 11.9. The van der Waals surface area contributed by atoms with Crippen molar-refractivity contribution in [1.29, 1.82) is 0 Å². The summed E-state index contributed by atoms with van der Waals surface area (Å²) < 4.78 is 10.8. The first kappa shape index (κ1) is 15.9. The third-order valence-electron chi connectivity index (χ3n) is 3.27. The summed E-state index contributed by atoms with van der Waals surface area (Å²) >= 11 is 0. The van der Waals surface area contributed by atoms with Crippen molar-refractivity contribution in [3.63, 3.8) is 0 Å². The fourth-order valence-corrected chi connectivity index (χ4v) is 2.08. The molecule has 0 radical (unpaired) electrons. The zero-order valence-electron chi connectivity index (χ0n) is 13.0. The number of aryl methyl sites for hydroxylation is 1. The first-order chi connectivity index (χ1) is 10.7. The maximum Gasteiger partial charge on any atom is 0.227 e. The van der Waals surface area contributed by atoms with Gasteiger partial charge >= 0.3 is 0 Å². The maximum absolute atomic E-state index is 11.9. The molecular weight excluding hydrogens is 278 g/mol. The minimum absolute atomic E-state index is 0.0665. The number of hydrogen-bond acceptors (Lipinski definition) is 3. The second-order valence-corrected chi connectivity index (χ2v) is 4.85. The SMILES string of the molecule is CCc1cccc(NC(=O)CCOc2ccccc2OC)c1. The Morgan fingerprint density at radius 2 is 1.86 bits per heavy atom. The fourth-order valence-electron chi connectivity index (χ4n) is 2.08. The molecule has 0 saturated heterocycles. The van der Waals surface area contributed by atoms with Crippen molar-refractivity contribution >= 4 is 11.6 Å². The zero-order valence-corrected chi connectivity index (χ0v) is 13.0. The van der Waals surface area contributed by atoms with E-state index in [0.29, 0.717) is 18.1 Å². The van der Waals surface area contributed by atoms with Crippen LogP contribution >= 0.6 is 0 Å². The number of nitrogens with one attached hydrogen (secondary N) is 1. The van der Waals surface area contributed by atoms with E-state index in [2.05, 4.69) is 12.2 Å². The number of hydrogen-bond donors (Lipinski definition) is 1. The molecular formula is C18H21NO3. The fraction of sp³-hybridized carbons (Fsp3) is 0.278. The lowest BCUT2D eigenvalue weighted by Gasteiger charge is -2.10. The van der Waals surface area contributed by atoms with E-state index < -0.39 is 0 Å². The maximum atomic E-state index is 11.9. The predicted octanol–water partition coefficient (Wildman–Crippen LogP) is 3.67. The van der Waals surface area contributed by atoms with Crippen LogP contribution in [0.25, 0.3) is 0 Å². The van der Waals surface area contributed by atoms with Crippen molar-refractivity contribution in [2.45, 2.75) is 19.8 Å². The van der Waals surface area contributed by atoms with Crippen molar-refractivity contribution in [1.82, 2.24) is 0 Å². The highest BCUT2D eigenvalue weighted by Crippen LogP contribution is 2.25. The minimum atomic E-state index is -0.0665. The van der Waals surface area contributed by atoms with Gasteiger partial charge in [0, 0.05) is 5.69 Å². The number of benzene rings is 2. The molecule has 0 fully saturated rings. The Hall–Kier alpha value is -2.49. The number of rotatable bonds is 7. The molecule has 2 rings (SSSR count). The minimum Gasteiger partial charge on any atom is -0.493 e. The Morgan fingerprint density at radius 3 is 2.59 bits per heavy atom. The smallest absolute Gasteiger partial charge is 0.227 e. The zero-order chi connectivity index (χ0) is 15.8. The summed E-state index contributed by atoms with van der Waals surface area (Å²) in [6.07, 6.45) is 1.23. The van der Waals surface area contributed by atoms with Crippen LogP contribution in [-0.4, -0.2) is 19.6 Å². The molecule has 0 aliphatic carbocycles. The number of ether oxygens (including phenoxy) is 2. The van der Waals surface area contributed by atoms with Gasteiger partial charge in [0.1, 0.15) is 0 Å². The van der Waals surface area contributed by atoms with Crippen molar-refractivity contribution in [3.05, 3.63) is 54.1 Å². The molecule has 0 aromatic heterocycles. The number of amides is 1. The lowest BCUT2D eigenvalue weighted by molar-refractivity contribution is -0.116. The molecule has 0 atom stereocenters. The van der Waals surface area contributed by atoms with Gasteiger partial charge in [0.25, 0.3) is 0 Å². The quantitative estimate of drug-likeness (QED) is 0.848. The van der Waals surface area contributed by atoms with Crippen LogP contribution < -0.4 is 14.8 Å². The average molecular weight is 299 g/mol.